The quantitative estimate of drug-likeness (QED) is 0.414. The second-order valence-corrected chi connectivity index (χ2v) is 7.52. The minimum absolute atomic E-state index is 0.00891. The van der Waals surface area contributed by atoms with Gasteiger partial charge in [-0.1, -0.05) is 31.9 Å². The largest absolute Gasteiger partial charge is 0.481 e. The van der Waals surface area contributed by atoms with Gasteiger partial charge in [0.2, 0.25) is 0 Å². The van der Waals surface area contributed by atoms with Crippen molar-refractivity contribution < 1.29 is 24.2 Å². The van der Waals surface area contributed by atoms with Crippen molar-refractivity contribution in [3.05, 3.63) is 12.2 Å². The molecule has 1 aliphatic heterocycles. The molecule has 0 aromatic carbocycles. The Morgan fingerprint density at radius 1 is 1.26 bits per heavy atom. The molecule has 2 fully saturated rings. The number of hydrogen-bond acceptors (Lipinski definition) is 5. The van der Waals surface area contributed by atoms with Gasteiger partial charge in [0.25, 0.3) is 0 Å². The fourth-order valence-electron chi connectivity index (χ4n) is 4.09. The van der Waals surface area contributed by atoms with Crippen LogP contribution >= 0.6 is 0 Å². The van der Waals surface area contributed by atoms with Crippen LogP contribution in [-0.4, -0.2) is 66.8 Å². The molecule has 2 rings (SSSR count). The van der Waals surface area contributed by atoms with Gasteiger partial charge in [-0.15, -0.1) is 0 Å². The molecule has 1 heterocycles. The van der Waals surface area contributed by atoms with Gasteiger partial charge in [0.15, 0.2) is 5.78 Å². The number of carboxylic acid groups (broad SMARTS) is 1. The van der Waals surface area contributed by atoms with Gasteiger partial charge in [0.05, 0.1) is 25.4 Å². The molecule has 1 N–H and O–H groups in total. The first-order valence-electron chi connectivity index (χ1n) is 10.5. The fourth-order valence-corrected chi connectivity index (χ4v) is 4.09. The molecule has 2 aliphatic rings. The zero-order valence-corrected chi connectivity index (χ0v) is 16.6. The molecular weight excluding hydrogens is 346 g/mol. The van der Waals surface area contributed by atoms with Crippen molar-refractivity contribution in [3.63, 3.8) is 0 Å². The number of morpholine rings is 1. The van der Waals surface area contributed by atoms with Crippen LogP contribution in [0, 0.1) is 5.92 Å². The van der Waals surface area contributed by atoms with Crippen LogP contribution in [0.4, 0.5) is 0 Å². The number of nitrogens with zero attached hydrogens (tertiary/aromatic N) is 1. The first kappa shape index (κ1) is 22.1. The number of rotatable bonds is 12. The van der Waals surface area contributed by atoms with E-state index in [0.29, 0.717) is 31.8 Å². The second kappa shape index (κ2) is 12.3. The molecule has 3 atom stereocenters. The van der Waals surface area contributed by atoms with E-state index in [4.69, 9.17) is 14.6 Å². The minimum atomic E-state index is -0.769. The molecular formula is C21H35NO5. The summed E-state index contributed by atoms with van der Waals surface area (Å²) in [7, 11) is 0. The number of ether oxygens (including phenoxy) is 2. The Labute approximate surface area is 162 Å². The van der Waals surface area contributed by atoms with Gasteiger partial charge in [0, 0.05) is 38.5 Å². The van der Waals surface area contributed by atoms with Crippen molar-refractivity contribution in [2.75, 3.05) is 32.9 Å². The number of hydrogen-bond donors (Lipinski definition) is 1. The molecule has 27 heavy (non-hydrogen) atoms. The summed E-state index contributed by atoms with van der Waals surface area (Å²) in [6, 6.07) is -0.0579. The lowest BCUT2D eigenvalue weighted by atomic mass is 9.93. The van der Waals surface area contributed by atoms with E-state index in [1.165, 1.54) is 0 Å². The summed E-state index contributed by atoms with van der Waals surface area (Å²) in [6.07, 6.45) is 10.4. The van der Waals surface area contributed by atoms with Crippen molar-refractivity contribution in [1.82, 2.24) is 4.90 Å². The Kier molecular flexibility index (Phi) is 10.0. The van der Waals surface area contributed by atoms with Crippen LogP contribution in [0.5, 0.6) is 0 Å². The highest BCUT2D eigenvalue weighted by atomic mass is 16.5. The van der Waals surface area contributed by atoms with E-state index in [-0.39, 0.29) is 24.5 Å². The summed E-state index contributed by atoms with van der Waals surface area (Å²) in [4.78, 5) is 25.6. The SMILES string of the molecule is CCCCCO[C@H]1CC(=O)[C@H](N2CCOCC2)[C@H]1CC/C=C\CCC(=O)O. The summed E-state index contributed by atoms with van der Waals surface area (Å²) in [5, 5.41) is 8.70. The Bertz CT molecular complexity index is 487. The Hall–Kier alpha value is -1.24. The van der Waals surface area contributed by atoms with Crippen molar-refractivity contribution in [2.45, 2.75) is 70.4 Å². The lowest BCUT2D eigenvalue weighted by molar-refractivity contribution is -0.136. The third-order valence-electron chi connectivity index (χ3n) is 5.49. The Balaban J connectivity index is 1.91. The molecule has 1 saturated carbocycles. The van der Waals surface area contributed by atoms with Crippen molar-refractivity contribution in [1.29, 1.82) is 0 Å². The highest BCUT2D eigenvalue weighted by Gasteiger charge is 2.45. The van der Waals surface area contributed by atoms with Gasteiger partial charge in [-0.25, -0.2) is 0 Å². The maximum Gasteiger partial charge on any atom is 0.303 e. The smallest absolute Gasteiger partial charge is 0.303 e. The monoisotopic (exact) mass is 381 g/mol. The van der Waals surface area contributed by atoms with E-state index in [9.17, 15) is 9.59 Å². The van der Waals surface area contributed by atoms with E-state index in [0.717, 1.165) is 51.8 Å². The average molecular weight is 382 g/mol. The van der Waals surface area contributed by atoms with Gasteiger partial charge in [-0.2, -0.15) is 0 Å². The third kappa shape index (κ3) is 7.35. The Morgan fingerprint density at radius 3 is 2.70 bits per heavy atom. The molecule has 1 aliphatic carbocycles. The first-order chi connectivity index (χ1) is 13.1. The van der Waals surface area contributed by atoms with Gasteiger partial charge < -0.3 is 14.6 Å². The van der Waals surface area contributed by atoms with Gasteiger partial charge in [0.1, 0.15) is 0 Å². The number of aliphatic carboxylic acids is 1. The van der Waals surface area contributed by atoms with Crippen LogP contribution in [0.2, 0.25) is 0 Å². The summed E-state index contributed by atoms with van der Waals surface area (Å²) in [5.74, 6) is -0.257. The lowest BCUT2D eigenvalue weighted by Crippen LogP contribution is -2.49. The van der Waals surface area contributed by atoms with E-state index < -0.39 is 5.97 Å². The summed E-state index contributed by atoms with van der Waals surface area (Å²) >= 11 is 0. The average Bonchev–Trinajstić information content (AvgIpc) is 2.97. The number of unbranched alkanes of at least 4 members (excludes halogenated alkanes) is 2. The van der Waals surface area contributed by atoms with Crippen LogP contribution in [0.3, 0.4) is 0 Å². The number of allylic oxidation sites excluding steroid dienone is 2. The molecule has 0 spiro atoms. The first-order valence-corrected chi connectivity index (χ1v) is 10.5. The molecule has 0 aromatic rings. The van der Waals surface area contributed by atoms with Crippen molar-refractivity contribution in [3.8, 4) is 0 Å². The normalized spacial score (nSPS) is 26.9. The van der Waals surface area contributed by atoms with Crippen LogP contribution < -0.4 is 0 Å². The molecule has 6 nitrogen and oxygen atoms in total. The standard InChI is InChI=1S/C21H35NO5/c1-2-3-8-13-27-19-16-18(23)21(22-11-14-26-15-12-22)17(19)9-6-4-5-7-10-20(24)25/h4-5,17,19,21H,2-3,6-16H2,1H3,(H,24,25)/b5-4-/t17-,19-,21+/m0/s1. The molecule has 0 radical (unpaired) electrons. The summed E-state index contributed by atoms with van der Waals surface area (Å²) in [5.41, 5.74) is 0. The third-order valence-corrected chi connectivity index (χ3v) is 5.49. The molecule has 0 amide bonds. The van der Waals surface area contributed by atoms with Crippen LogP contribution in [-0.2, 0) is 19.1 Å². The maximum atomic E-state index is 12.7. The fraction of sp³-hybridized carbons (Fsp3) is 0.810. The van der Waals surface area contributed by atoms with Crippen molar-refractivity contribution in [2.24, 2.45) is 5.92 Å². The number of carbonyl (C=O) groups excluding carboxylic acids is 1. The van der Waals surface area contributed by atoms with Gasteiger partial charge >= 0.3 is 5.97 Å². The Morgan fingerprint density at radius 2 is 2.00 bits per heavy atom. The predicted octanol–water partition coefficient (Wildman–Crippen LogP) is 3.05. The van der Waals surface area contributed by atoms with E-state index in [2.05, 4.69) is 17.9 Å². The van der Waals surface area contributed by atoms with E-state index in [1.807, 2.05) is 6.08 Å². The zero-order valence-electron chi connectivity index (χ0n) is 16.6. The predicted molar refractivity (Wildman–Crippen MR) is 104 cm³/mol. The number of Topliss-reactive ketones (excluding diaryl/α,β-unsaturated/α-hetero) is 1. The maximum absolute atomic E-state index is 12.7. The molecule has 0 aromatic heterocycles. The number of carbonyl (C=O) groups is 2. The zero-order chi connectivity index (χ0) is 19.5. The van der Waals surface area contributed by atoms with Crippen molar-refractivity contribution >= 4 is 11.8 Å². The highest BCUT2D eigenvalue weighted by molar-refractivity contribution is 5.87. The molecule has 0 bridgehead atoms. The molecule has 1 saturated heterocycles. The van der Waals surface area contributed by atoms with Crippen LogP contribution in [0.25, 0.3) is 0 Å². The lowest BCUT2D eigenvalue weighted by Gasteiger charge is -2.35. The highest BCUT2D eigenvalue weighted by Crippen LogP contribution is 2.34. The summed E-state index contributed by atoms with van der Waals surface area (Å²) < 4.78 is 11.6. The topological polar surface area (TPSA) is 76.1 Å². The summed E-state index contributed by atoms with van der Waals surface area (Å²) in [6.45, 7) is 5.90. The van der Waals surface area contributed by atoms with Gasteiger partial charge in [-0.05, 0) is 25.7 Å². The van der Waals surface area contributed by atoms with Crippen LogP contribution in [0.1, 0.15) is 58.3 Å². The van der Waals surface area contributed by atoms with Crippen LogP contribution in [0.15, 0.2) is 12.2 Å². The minimum Gasteiger partial charge on any atom is -0.481 e. The molecule has 0 unspecified atom stereocenters. The molecule has 6 heteroatoms. The second-order valence-electron chi connectivity index (χ2n) is 7.52. The molecule has 154 valence electrons. The van der Waals surface area contributed by atoms with E-state index >= 15 is 0 Å². The number of carboxylic acids is 1. The number of ketones is 1. The van der Waals surface area contributed by atoms with E-state index in [1.54, 1.807) is 0 Å². The van der Waals surface area contributed by atoms with Gasteiger partial charge in [-0.3, -0.25) is 14.5 Å².